The van der Waals surface area contributed by atoms with Crippen molar-refractivity contribution in [2.24, 2.45) is 0 Å². The summed E-state index contributed by atoms with van der Waals surface area (Å²) in [6.45, 7) is 2.22. The third-order valence-corrected chi connectivity index (χ3v) is 2.51. The van der Waals surface area contributed by atoms with Crippen molar-refractivity contribution >= 4 is 21.8 Å². The summed E-state index contributed by atoms with van der Waals surface area (Å²) >= 11 is 3.14. The summed E-state index contributed by atoms with van der Waals surface area (Å²) in [6, 6.07) is 5.09. The molecule has 1 N–H and O–H groups in total. The molecule has 0 unspecified atom stereocenters. The van der Waals surface area contributed by atoms with Gasteiger partial charge in [-0.25, -0.2) is 9.97 Å². The fourth-order valence-corrected chi connectivity index (χ4v) is 1.61. The first kappa shape index (κ1) is 11.8. The highest BCUT2D eigenvalue weighted by molar-refractivity contribution is 9.10. The summed E-state index contributed by atoms with van der Waals surface area (Å²) in [5, 5.41) is 2.71. The van der Waals surface area contributed by atoms with Gasteiger partial charge >= 0.3 is 0 Å². The van der Waals surface area contributed by atoms with Crippen molar-refractivity contribution < 1.29 is 9.21 Å². The molecule has 0 atom stereocenters. The van der Waals surface area contributed by atoms with Crippen molar-refractivity contribution in [1.29, 1.82) is 0 Å². The van der Waals surface area contributed by atoms with Crippen LogP contribution in [0.5, 0.6) is 0 Å². The van der Waals surface area contributed by atoms with E-state index in [1.807, 2.05) is 13.0 Å². The molecular formula is C11H10BrN3O2. The van der Waals surface area contributed by atoms with Gasteiger partial charge in [0.2, 0.25) is 0 Å². The number of carbonyl (C=O) groups is 1. The van der Waals surface area contributed by atoms with Crippen LogP contribution in [0.25, 0.3) is 0 Å². The number of hydrogen-bond acceptors (Lipinski definition) is 4. The van der Waals surface area contributed by atoms with Crippen LogP contribution in [0.2, 0.25) is 0 Å². The molecule has 0 aliphatic carbocycles. The lowest BCUT2D eigenvalue weighted by Gasteiger charge is -2.02. The molecule has 0 saturated heterocycles. The molecule has 2 heterocycles. The van der Waals surface area contributed by atoms with Gasteiger partial charge < -0.3 is 9.73 Å². The van der Waals surface area contributed by atoms with Gasteiger partial charge in [0.25, 0.3) is 5.91 Å². The van der Waals surface area contributed by atoms with Gasteiger partial charge in [0.1, 0.15) is 6.33 Å². The maximum atomic E-state index is 11.6. The molecular weight excluding hydrogens is 286 g/mol. The summed E-state index contributed by atoms with van der Waals surface area (Å²) < 4.78 is 5.66. The van der Waals surface area contributed by atoms with Crippen LogP contribution in [0.1, 0.15) is 21.9 Å². The van der Waals surface area contributed by atoms with Gasteiger partial charge in [0, 0.05) is 5.69 Å². The zero-order chi connectivity index (χ0) is 12.3. The van der Waals surface area contributed by atoms with E-state index in [1.165, 1.54) is 6.33 Å². The van der Waals surface area contributed by atoms with Gasteiger partial charge in [-0.15, -0.1) is 0 Å². The minimum atomic E-state index is -0.271. The average Bonchev–Trinajstić information content (AvgIpc) is 2.73. The Morgan fingerprint density at radius 3 is 2.94 bits per heavy atom. The predicted octanol–water partition coefficient (Wildman–Crippen LogP) is 2.07. The third kappa shape index (κ3) is 3.13. The van der Waals surface area contributed by atoms with E-state index in [1.54, 1.807) is 12.1 Å². The van der Waals surface area contributed by atoms with E-state index >= 15 is 0 Å². The van der Waals surface area contributed by atoms with E-state index in [9.17, 15) is 4.79 Å². The topological polar surface area (TPSA) is 68.0 Å². The molecule has 0 aliphatic rings. The number of furan rings is 1. The molecule has 0 radical (unpaired) electrons. The summed E-state index contributed by atoms with van der Waals surface area (Å²) in [7, 11) is 0. The molecule has 1 amide bonds. The highest BCUT2D eigenvalue weighted by Crippen LogP contribution is 2.13. The summed E-state index contributed by atoms with van der Waals surface area (Å²) in [4.78, 5) is 19.7. The van der Waals surface area contributed by atoms with Crippen molar-refractivity contribution in [3.63, 3.8) is 0 Å². The SMILES string of the molecule is Cc1cc(CNC(=O)c2ccc(Br)o2)ncn1. The zero-order valence-corrected chi connectivity index (χ0v) is 10.7. The Labute approximate surface area is 106 Å². The Bertz CT molecular complexity index is 539. The van der Waals surface area contributed by atoms with E-state index < -0.39 is 0 Å². The largest absolute Gasteiger partial charge is 0.444 e. The minimum Gasteiger partial charge on any atom is -0.444 e. The van der Waals surface area contributed by atoms with Gasteiger partial charge in [-0.1, -0.05) is 0 Å². The van der Waals surface area contributed by atoms with Crippen molar-refractivity contribution in [3.05, 3.63) is 46.3 Å². The maximum absolute atomic E-state index is 11.6. The summed E-state index contributed by atoms with van der Waals surface area (Å²) in [6.07, 6.45) is 1.47. The molecule has 0 aromatic carbocycles. The second kappa shape index (κ2) is 5.09. The van der Waals surface area contributed by atoms with E-state index in [0.717, 1.165) is 11.4 Å². The second-order valence-electron chi connectivity index (χ2n) is 3.44. The zero-order valence-electron chi connectivity index (χ0n) is 9.11. The van der Waals surface area contributed by atoms with Crippen molar-refractivity contribution in [3.8, 4) is 0 Å². The fraction of sp³-hybridized carbons (Fsp3) is 0.182. The number of rotatable bonds is 3. The quantitative estimate of drug-likeness (QED) is 0.941. The highest BCUT2D eigenvalue weighted by atomic mass is 79.9. The van der Waals surface area contributed by atoms with Crippen LogP contribution in [0.15, 0.2) is 33.6 Å². The van der Waals surface area contributed by atoms with Gasteiger partial charge in [0.15, 0.2) is 10.4 Å². The third-order valence-electron chi connectivity index (χ3n) is 2.09. The van der Waals surface area contributed by atoms with E-state index in [4.69, 9.17) is 4.42 Å². The Hall–Kier alpha value is -1.69. The van der Waals surface area contributed by atoms with Crippen LogP contribution in [-0.2, 0) is 6.54 Å². The molecule has 6 heteroatoms. The number of nitrogens with one attached hydrogen (secondary N) is 1. The van der Waals surface area contributed by atoms with Crippen molar-refractivity contribution in [2.45, 2.75) is 13.5 Å². The molecule has 0 fully saturated rings. The normalized spacial score (nSPS) is 10.2. The molecule has 0 bridgehead atoms. The smallest absolute Gasteiger partial charge is 0.287 e. The molecule has 0 aliphatic heterocycles. The molecule has 2 aromatic heterocycles. The highest BCUT2D eigenvalue weighted by Gasteiger charge is 2.09. The number of amides is 1. The molecule has 17 heavy (non-hydrogen) atoms. The number of halogens is 1. The first-order valence-corrected chi connectivity index (χ1v) is 5.75. The van der Waals surface area contributed by atoms with Gasteiger partial charge in [-0.05, 0) is 41.1 Å². The molecule has 0 saturated carbocycles. The fourth-order valence-electron chi connectivity index (χ4n) is 1.30. The van der Waals surface area contributed by atoms with Crippen LogP contribution in [0, 0.1) is 6.92 Å². The summed E-state index contributed by atoms with van der Waals surface area (Å²) in [5.74, 6) is -0.00498. The predicted molar refractivity (Wildman–Crippen MR) is 64.3 cm³/mol. The van der Waals surface area contributed by atoms with E-state index in [2.05, 4.69) is 31.2 Å². The monoisotopic (exact) mass is 295 g/mol. The standard InChI is InChI=1S/C11H10BrN3O2/c1-7-4-8(15-6-14-7)5-13-11(16)9-2-3-10(12)17-9/h2-4,6H,5H2,1H3,(H,13,16). The molecule has 2 rings (SSSR count). The summed E-state index contributed by atoms with van der Waals surface area (Å²) in [5.41, 5.74) is 1.63. The van der Waals surface area contributed by atoms with E-state index in [0.29, 0.717) is 11.2 Å². The Kier molecular flexibility index (Phi) is 3.53. The molecule has 2 aromatic rings. The minimum absolute atomic E-state index is 0.266. The van der Waals surface area contributed by atoms with Crippen LogP contribution >= 0.6 is 15.9 Å². The van der Waals surface area contributed by atoms with Crippen LogP contribution in [0.3, 0.4) is 0 Å². The molecule has 0 spiro atoms. The van der Waals surface area contributed by atoms with Crippen LogP contribution in [-0.4, -0.2) is 15.9 Å². The Morgan fingerprint density at radius 2 is 2.29 bits per heavy atom. The lowest BCUT2D eigenvalue weighted by atomic mass is 10.3. The number of aromatic nitrogens is 2. The van der Waals surface area contributed by atoms with Crippen LogP contribution < -0.4 is 5.32 Å². The Morgan fingerprint density at radius 1 is 1.47 bits per heavy atom. The maximum Gasteiger partial charge on any atom is 0.287 e. The average molecular weight is 296 g/mol. The van der Waals surface area contributed by atoms with Crippen molar-refractivity contribution in [2.75, 3.05) is 0 Å². The van der Waals surface area contributed by atoms with Gasteiger partial charge in [0.05, 0.1) is 12.2 Å². The number of carbonyl (C=O) groups excluding carboxylic acids is 1. The van der Waals surface area contributed by atoms with Gasteiger partial charge in [-0.2, -0.15) is 0 Å². The van der Waals surface area contributed by atoms with Crippen molar-refractivity contribution in [1.82, 2.24) is 15.3 Å². The molecule has 88 valence electrons. The number of hydrogen-bond donors (Lipinski definition) is 1. The lowest BCUT2D eigenvalue weighted by molar-refractivity contribution is 0.0921. The van der Waals surface area contributed by atoms with E-state index in [-0.39, 0.29) is 11.7 Å². The number of aryl methyl sites for hydroxylation is 1. The first-order valence-electron chi connectivity index (χ1n) is 4.96. The Balaban J connectivity index is 1.97. The van der Waals surface area contributed by atoms with Crippen LogP contribution in [0.4, 0.5) is 0 Å². The molecule has 5 nitrogen and oxygen atoms in total. The second-order valence-corrected chi connectivity index (χ2v) is 4.22. The number of nitrogens with zero attached hydrogens (tertiary/aromatic N) is 2. The first-order chi connectivity index (χ1) is 8.15. The lowest BCUT2D eigenvalue weighted by Crippen LogP contribution is -2.22. The van der Waals surface area contributed by atoms with Gasteiger partial charge in [-0.3, -0.25) is 4.79 Å².